The number of likely N-dealkylation sites (tertiary alicyclic amines) is 1. The van der Waals surface area contributed by atoms with E-state index in [9.17, 15) is 9.59 Å². The molecule has 1 N–H and O–H groups in total. The molecule has 4 rings (SSSR count). The van der Waals surface area contributed by atoms with Gasteiger partial charge in [-0.15, -0.1) is 0 Å². The summed E-state index contributed by atoms with van der Waals surface area (Å²) in [5, 5.41) is 3.04. The molecule has 2 aromatic rings. The van der Waals surface area contributed by atoms with Gasteiger partial charge in [0, 0.05) is 37.2 Å². The largest absolute Gasteiger partial charge is 0.338 e. The molecule has 6 nitrogen and oxygen atoms in total. The fourth-order valence-electron chi connectivity index (χ4n) is 4.61. The Balaban J connectivity index is 1.58. The number of carbonyl (C=O) groups is 2. The second kappa shape index (κ2) is 7.10. The van der Waals surface area contributed by atoms with E-state index in [2.05, 4.69) is 22.2 Å². The number of hydrogen-bond donors (Lipinski definition) is 1. The lowest BCUT2D eigenvalue weighted by atomic mass is 9.73. The van der Waals surface area contributed by atoms with E-state index in [0.29, 0.717) is 25.8 Å². The third kappa shape index (κ3) is 2.89. The van der Waals surface area contributed by atoms with Crippen LogP contribution in [-0.4, -0.2) is 39.3 Å². The number of amides is 2. The number of benzene rings is 1. The molecule has 3 heterocycles. The van der Waals surface area contributed by atoms with E-state index >= 15 is 0 Å². The summed E-state index contributed by atoms with van der Waals surface area (Å²) in [6, 6.07) is 7.79. The van der Waals surface area contributed by atoms with Gasteiger partial charge in [0.25, 0.3) is 0 Å². The lowest BCUT2D eigenvalue weighted by Crippen LogP contribution is -2.48. The molecule has 0 bridgehead atoms. The summed E-state index contributed by atoms with van der Waals surface area (Å²) < 4.78 is 0. The van der Waals surface area contributed by atoms with Gasteiger partial charge in [-0.05, 0) is 30.9 Å². The number of aryl methyl sites for hydroxylation is 1. The first-order valence-electron chi connectivity index (χ1n) is 9.62. The molecule has 1 saturated heterocycles. The minimum atomic E-state index is -0.616. The van der Waals surface area contributed by atoms with Crippen LogP contribution in [0.25, 0.3) is 0 Å². The second-order valence-electron chi connectivity index (χ2n) is 7.31. The molecule has 2 aliphatic rings. The number of nitrogens with one attached hydrogen (secondary N) is 1. The minimum Gasteiger partial charge on any atom is -0.338 e. The van der Waals surface area contributed by atoms with Crippen LogP contribution in [0.4, 0.5) is 5.69 Å². The molecular weight excluding hydrogens is 340 g/mol. The molecule has 6 heteroatoms. The Morgan fingerprint density at radius 2 is 2.19 bits per heavy atom. The van der Waals surface area contributed by atoms with Crippen LogP contribution in [0.15, 0.2) is 42.9 Å². The highest BCUT2D eigenvalue weighted by Crippen LogP contribution is 2.49. The Hall–Kier alpha value is -2.76. The minimum absolute atomic E-state index is 0.0337. The van der Waals surface area contributed by atoms with Gasteiger partial charge in [0.05, 0.1) is 17.2 Å². The summed E-state index contributed by atoms with van der Waals surface area (Å²) >= 11 is 0. The van der Waals surface area contributed by atoms with Crippen LogP contribution >= 0.6 is 0 Å². The van der Waals surface area contributed by atoms with Gasteiger partial charge in [0.15, 0.2) is 0 Å². The van der Waals surface area contributed by atoms with E-state index in [4.69, 9.17) is 0 Å². The number of carbonyl (C=O) groups excluding carboxylic acids is 2. The number of para-hydroxylation sites is 1. The van der Waals surface area contributed by atoms with Crippen molar-refractivity contribution in [2.45, 2.75) is 50.5 Å². The van der Waals surface area contributed by atoms with Gasteiger partial charge >= 0.3 is 0 Å². The molecule has 2 amide bonds. The maximum Gasteiger partial charge on any atom is 0.237 e. The Bertz CT molecular complexity index is 854. The van der Waals surface area contributed by atoms with Crippen molar-refractivity contribution in [2.24, 2.45) is 0 Å². The number of nitrogens with zero attached hydrogens (tertiary/aromatic N) is 3. The highest BCUT2D eigenvalue weighted by Gasteiger charge is 2.58. The van der Waals surface area contributed by atoms with Gasteiger partial charge in [-0.3, -0.25) is 19.6 Å². The van der Waals surface area contributed by atoms with Crippen molar-refractivity contribution < 1.29 is 9.59 Å². The molecule has 27 heavy (non-hydrogen) atoms. The van der Waals surface area contributed by atoms with Crippen molar-refractivity contribution in [2.75, 3.05) is 11.9 Å². The lowest BCUT2D eigenvalue weighted by molar-refractivity contribution is -0.133. The van der Waals surface area contributed by atoms with Gasteiger partial charge in [0.1, 0.15) is 0 Å². The molecule has 0 radical (unpaired) electrons. The monoisotopic (exact) mass is 364 g/mol. The molecule has 2 atom stereocenters. The Morgan fingerprint density at radius 3 is 2.96 bits per heavy atom. The first kappa shape index (κ1) is 17.6. The molecule has 0 aliphatic carbocycles. The zero-order chi connectivity index (χ0) is 18.9. The fraction of sp³-hybridized carbons (Fsp3) is 0.429. The van der Waals surface area contributed by atoms with Crippen molar-refractivity contribution in [3.63, 3.8) is 0 Å². The van der Waals surface area contributed by atoms with Crippen LogP contribution in [0.3, 0.4) is 0 Å². The van der Waals surface area contributed by atoms with Gasteiger partial charge in [-0.25, -0.2) is 0 Å². The van der Waals surface area contributed by atoms with Gasteiger partial charge in [0.2, 0.25) is 11.8 Å². The van der Waals surface area contributed by atoms with Gasteiger partial charge < -0.3 is 10.2 Å². The molecule has 0 unspecified atom stereocenters. The van der Waals surface area contributed by atoms with Crippen molar-refractivity contribution in [1.82, 2.24) is 14.9 Å². The van der Waals surface area contributed by atoms with Gasteiger partial charge in [-0.2, -0.15) is 0 Å². The number of hydrogen-bond acceptors (Lipinski definition) is 4. The first-order valence-corrected chi connectivity index (χ1v) is 9.62. The predicted molar refractivity (Wildman–Crippen MR) is 102 cm³/mol. The normalized spacial score (nSPS) is 23.5. The van der Waals surface area contributed by atoms with Crippen LogP contribution < -0.4 is 5.32 Å². The summed E-state index contributed by atoms with van der Waals surface area (Å²) in [7, 11) is 0. The average molecular weight is 364 g/mol. The maximum absolute atomic E-state index is 13.0. The van der Waals surface area contributed by atoms with E-state index in [0.717, 1.165) is 29.8 Å². The third-order valence-corrected chi connectivity index (χ3v) is 5.85. The second-order valence-corrected chi connectivity index (χ2v) is 7.31. The standard InChI is InChI=1S/C21H24N4O2/c1-2-5-18-21(16-6-3-4-7-17(16)24-20(21)27)10-13-25(18)19(26)9-8-15-14-22-11-12-23-15/h3-4,6-7,11-12,14,18H,2,5,8-10,13H2,1H3,(H,24,27)/t18-,21-/m0/s1. The number of anilines is 1. The molecule has 1 aromatic carbocycles. The van der Waals surface area contributed by atoms with Crippen molar-refractivity contribution in [3.05, 3.63) is 54.1 Å². The van der Waals surface area contributed by atoms with Crippen LogP contribution in [-0.2, 0) is 21.4 Å². The van der Waals surface area contributed by atoms with E-state index in [1.807, 2.05) is 29.2 Å². The topological polar surface area (TPSA) is 75.2 Å². The molecule has 1 spiro atoms. The van der Waals surface area contributed by atoms with E-state index in [-0.39, 0.29) is 17.9 Å². The third-order valence-electron chi connectivity index (χ3n) is 5.85. The Kier molecular flexibility index (Phi) is 4.64. The van der Waals surface area contributed by atoms with Crippen LogP contribution in [0.2, 0.25) is 0 Å². The summed E-state index contributed by atoms with van der Waals surface area (Å²) in [5.41, 5.74) is 2.13. The van der Waals surface area contributed by atoms with Crippen molar-refractivity contribution >= 4 is 17.5 Å². The number of rotatable bonds is 5. The zero-order valence-electron chi connectivity index (χ0n) is 15.5. The van der Waals surface area contributed by atoms with E-state index in [1.54, 1.807) is 18.6 Å². The number of fused-ring (bicyclic) bond motifs is 2. The molecule has 1 fully saturated rings. The summed E-state index contributed by atoms with van der Waals surface area (Å²) in [6.45, 7) is 2.72. The summed E-state index contributed by atoms with van der Waals surface area (Å²) in [5.74, 6) is 0.125. The first-order chi connectivity index (χ1) is 13.2. The molecular formula is C21H24N4O2. The fourth-order valence-corrected chi connectivity index (χ4v) is 4.61. The van der Waals surface area contributed by atoms with Crippen molar-refractivity contribution in [3.8, 4) is 0 Å². The highest BCUT2D eigenvalue weighted by atomic mass is 16.2. The predicted octanol–water partition coefficient (Wildman–Crippen LogP) is 2.70. The zero-order valence-corrected chi connectivity index (χ0v) is 15.5. The SMILES string of the molecule is CCC[C@@H]1N(C(=O)CCc2cnccn2)CC[C@@]12C(=O)Nc1ccccc12. The smallest absolute Gasteiger partial charge is 0.237 e. The Morgan fingerprint density at radius 1 is 1.33 bits per heavy atom. The molecule has 1 aromatic heterocycles. The molecule has 2 aliphatic heterocycles. The molecule has 0 saturated carbocycles. The van der Waals surface area contributed by atoms with Crippen LogP contribution in [0.1, 0.15) is 43.9 Å². The quantitative estimate of drug-likeness (QED) is 0.885. The maximum atomic E-state index is 13.0. The lowest BCUT2D eigenvalue weighted by Gasteiger charge is -2.34. The van der Waals surface area contributed by atoms with Crippen LogP contribution in [0.5, 0.6) is 0 Å². The van der Waals surface area contributed by atoms with Crippen LogP contribution in [0, 0.1) is 0 Å². The van der Waals surface area contributed by atoms with E-state index < -0.39 is 5.41 Å². The van der Waals surface area contributed by atoms with Crippen molar-refractivity contribution in [1.29, 1.82) is 0 Å². The Labute approximate surface area is 159 Å². The molecule has 140 valence electrons. The van der Waals surface area contributed by atoms with E-state index in [1.165, 1.54) is 0 Å². The number of aromatic nitrogens is 2. The average Bonchev–Trinajstić information content (AvgIpc) is 3.21. The summed E-state index contributed by atoms with van der Waals surface area (Å²) in [6.07, 6.45) is 8.35. The summed E-state index contributed by atoms with van der Waals surface area (Å²) in [4.78, 5) is 36.3. The van der Waals surface area contributed by atoms with Gasteiger partial charge in [-0.1, -0.05) is 31.5 Å². The highest BCUT2D eigenvalue weighted by molar-refractivity contribution is 6.07.